The lowest BCUT2D eigenvalue weighted by Crippen LogP contribution is -2.47. The fourth-order valence-corrected chi connectivity index (χ4v) is 3.29. The number of hydrogen-bond donors (Lipinski definition) is 0. The molecular weight excluding hydrogens is 331 g/mol. The van der Waals surface area contributed by atoms with Gasteiger partial charge in [0.15, 0.2) is 0 Å². The summed E-state index contributed by atoms with van der Waals surface area (Å²) in [5.74, 6) is 0.482. The SMILES string of the molecule is Fc1ccc(OCCN2CCN(Cc3cn4ccccc4n3)CC2)cc1. The van der Waals surface area contributed by atoms with Crippen LogP contribution < -0.4 is 4.74 Å². The van der Waals surface area contributed by atoms with Gasteiger partial charge in [-0.1, -0.05) is 6.07 Å². The number of pyridine rings is 1. The predicted molar refractivity (Wildman–Crippen MR) is 98.8 cm³/mol. The number of halogens is 1. The average Bonchev–Trinajstić information content (AvgIpc) is 3.07. The van der Waals surface area contributed by atoms with Crippen LogP contribution in [-0.4, -0.2) is 58.5 Å². The molecule has 0 saturated carbocycles. The Morgan fingerprint density at radius 3 is 2.50 bits per heavy atom. The van der Waals surface area contributed by atoms with Crippen molar-refractivity contribution in [2.75, 3.05) is 39.3 Å². The van der Waals surface area contributed by atoms with Crippen LogP contribution in [0.5, 0.6) is 5.75 Å². The van der Waals surface area contributed by atoms with Gasteiger partial charge in [-0.3, -0.25) is 9.80 Å². The molecule has 3 aromatic rings. The van der Waals surface area contributed by atoms with Crippen LogP contribution in [0.1, 0.15) is 5.69 Å². The summed E-state index contributed by atoms with van der Waals surface area (Å²) in [5.41, 5.74) is 2.11. The second-order valence-corrected chi connectivity index (χ2v) is 6.62. The highest BCUT2D eigenvalue weighted by atomic mass is 19.1. The Kier molecular flexibility index (Phi) is 5.13. The van der Waals surface area contributed by atoms with E-state index in [0.29, 0.717) is 6.61 Å². The molecule has 0 aliphatic carbocycles. The highest BCUT2D eigenvalue weighted by Crippen LogP contribution is 2.12. The zero-order valence-electron chi connectivity index (χ0n) is 14.7. The average molecular weight is 354 g/mol. The number of benzene rings is 1. The second kappa shape index (κ2) is 7.85. The minimum Gasteiger partial charge on any atom is -0.492 e. The molecule has 1 aliphatic rings. The van der Waals surface area contributed by atoms with Gasteiger partial charge in [0.2, 0.25) is 0 Å². The van der Waals surface area contributed by atoms with Gasteiger partial charge >= 0.3 is 0 Å². The van der Waals surface area contributed by atoms with E-state index in [2.05, 4.69) is 25.4 Å². The molecule has 1 saturated heterocycles. The van der Waals surface area contributed by atoms with Crippen LogP contribution in [0, 0.1) is 5.82 Å². The first-order valence-corrected chi connectivity index (χ1v) is 9.02. The normalized spacial score (nSPS) is 16.2. The number of ether oxygens (including phenoxy) is 1. The van der Waals surface area contributed by atoms with E-state index in [1.54, 1.807) is 12.1 Å². The maximum absolute atomic E-state index is 12.9. The van der Waals surface area contributed by atoms with Crippen molar-refractivity contribution in [2.24, 2.45) is 0 Å². The maximum Gasteiger partial charge on any atom is 0.137 e. The van der Waals surface area contributed by atoms with Gasteiger partial charge in [-0.15, -0.1) is 0 Å². The first-order chi connectivity index (χ1) is 12.8. The minimum atomic E-state index is -0.237. The van der Waals surface area contributed by atoms with Crippen LogP contribution in [0.2, 0.25) is 0 Å². The zero-order valence-corrected chi connectivity index (χ0v) is 14.7. The van der Waals surface area contributed by atoms with E-state index in [1.807, 2.05) is 24.4 Å². The quantitative estimate of drug-likeness (QED) is 0.681. The second-order valence-electron chi connectivity index (χ2n) is 6.62. The van der Waals surface area contributed by atoms with Crippen molar-refractivity contribution in [1.82, 2.24) is 19.2 Å². The van der Waals surface area contributed by atoms with E-state index in [9.17, 15) is 4.39 Å². The highest BCUT2D eigenvalue weighted by Gasteiger charge is 2.17. The molecule has 1 aliphatic heterocycles. The Balaban J connectivity index is 1.20. The van der Waals surface area contributed by atoms with E-state index in [0.717, 1.165) is 56.4 Å². The minimum absolute atomic E-state index is 0.237. The molecule has 136 valence electrons. The monoisotopic (exact) mass is 354 g/mol. The Morgan fingerprint density at radius 2 is 1.73 bits per heavy atom. The third-order valence-electron chi connectivity index (χ3n) is 4.75. The Hall–Kier alpha value is -2.44. The molecule has 1 fully saturated rings. The van der Waals surface area contributed by atoms with Crippen LogP contribution >= 0.6 is 0 Å². The van der Waals surface area contributed by atoms with Gasteiger partial charge in [-0.05, 0) is 36.4 Å². The molecule has 0 amide bonds. The van der Waals surface area contributed by atoms with Crippen molar-refractivity contribution in [3.8, 4) is 5.75 Å². The van der Waals surface area contributed by atoms with Gasteiger partial charge < -0.3 is 9.14 Å². The first-order valence-electron chi connectivity index (χ1n) is 9.02. The summed E-state index contributed by atoms with van der Waals surface area (Å²) in [4.78, 5) is 9.53. The number of fused-ring (bicyclic) bond motifs is 1. The maximum atomic E-state index is 12.9. The summed E-state index contributed by atoms with van der Waals surface area (Å²) in [5, 5.41) is 0. The van der Waals surface area contributed by atoms with Gasteiger partial charge in [0.1, 0.15) is 23.8 Å². The predicted octanol–water partition coefficient (Wildman–Crippen LogP) is 2.67. The van der Waals surface area contributed by atoms with Crippen molar-refractivity contribution in [3.05, 3.63) is 66.4 Å². The molecule has 0 radical (unpaired) electrons. The number of aromatic nitrogens is 2. The largest absolute Gasteiger partial charge is 0.492 e. The molecule has 4 rings (SSSR count). The summed E-state index contributed by atoms with van der Waals surface area (Å²) in [6, 6.07) is 12.2. The lowest BCUT2D eigenvalue weighted by atomic mass is 10.3. The Labute approximate surface area is 152 Å². The number of hydrogen-bond acceptors (Lipinski definition) is 4. The summed E-state index contributed by atoms with van der Waals surface area (Å²) in [6.45, 7) is 6.52. The zero-order chi connectivity index (χ0) is 17.8. The van der Waals surface area contributed by atoms with E-state index in [4.69, 9.17) is 4.74 Å². The number of piperazine rings is 1. The van der Waals surface area contributed by atoms with Gasteiger partial charge in [0.05, 0.1) is 5.69 Å². The molecule has 2 aromatic heterocycles. The van der Waals surface area contributed by atoms with Crippen molar-refractivity contribution in [2.45, 2.75) is 6.54 Å². The van der Waals surface area contributed by atoms with E-state index in [-0.39, 0.29) is 5.82 Å². The first kappa shape index (κ1) is 17.0. The van der Waals surface area contributed by atoms with Crippen molar-refractivity contribution >= 4 is 5.65 Å². The molecular formula is C20H23FN4O. The van der Waals surface area contributed by atoms with Crippen molar-refractivity contribution in [3.63, 3.8) is 0 Å². The van der Waals surface area contributed by atoms with Crippen LogP contribution in [0.4, 0.5) is 4.39 Å². The number of rotatable bonds is 6. The number of nitrogens with zero attached hydrogens (tertiary/aromatic N) is 4. The fraction of sp³-hybridized carbons (Fsp3) is 0.350. The van der Waals surface area contributed by atoms with Crippen molar-refractivity contribution < 1.29 is 9.13 Å². The van der Waals surface area contributed by atoms with Gasteiger partial charge in [-0.2, -0.15) is 0 Å². The molecule has 0 unspecified atom stereocenters. The molecule has 0 spiro atoms. The highest BCUT2D eigenvalue weighted by molar-refractivity contribution is 5.39. The topological polar surface area (TPSA) is 33.0 Å². The van der Waals surface area contributed by atoms with E-state index in [1.165, 1.54) is 12.1 Å². The van der Waals surface area contributed by atoms with Gasteiger partial charge in [0.25, 0.3) is 0 Å². The van der Waals surface area contributed by atoms with Crippen LogP contribution in [0.15, 0.2) is 54.9 Å². The molecule has 3 heterocycles. The molecule has 0 atom stereocenters. The molecule has 5 nitrogen and oxygen atoms in total. The lowest BCUT2D eigenvalue weighted by molar-refractivity contribution is 0.112. The molecule has 26 heavy (non-hydrogen) atoms. The third-order valence-corrected chi connectivity index (χ3v) is 4.75. The summed E-state index contributed by atoms with van der Waals surface area (Å²) in [7, 11) is 0. The van der Waals surface area contributed by atoms with Crippen molar-refractivity contribution in [1.29, 1.82) is 0 Å². The van der Waals surface area contributed by atoms with E-state index < -0.39 is 0 Å². The summed E-state index contributed by atoms with van der Waals surface area (Å²) >= 11 is 0. The Morgan fingerprint density at radius 1 is 0.962 bits per heavy atom. The fourth-order valence-electron chi connectivity index (χ4n) is 3.29. The smallest absolute Gasteiger partial charge is 0.137 e. The molecule has 0 bridgehead atoms. The molecule has 6 heteroatoms. The number of imidazole rings is 1. The standard InChI is InChI=1S/C20H23FN4O/c21-17-4-6-19(7-5-17)26-14-13-23-9-11-24(12-10-23)15-18-16-25-8-2-1-3-20(25)22-18/h1-8,16H,9-15H2. The lowest BCUT2D eigenvalue weighted by Gasteiger charge is -2.34. The van der Waals surface area contributed by atoms with E-state index >= 15 is 0 Å². The van der Waals surface area contributed by atoms with Crippen LogP contribution in [0.25, 0.3) is 5.65 Å². The van der Waals surface area contributed by atoms with Crippen LogP contribution in [-0.2, 0) is 6.54 Å². The Bertz CT molecular complexity index is 807. The summed E-state index contributed by atoms with van der Waals surface area (Å²) < 4.78 is 20.6. The van der Waals surface area contributed by atoms with Gasteiger partial charge in [0, 0.05) is 51.7 Å². The molecule has 1 aromatic carbocycles. The van der Waals surface area contributed by atoms with Gasteiger partial charge in [-0.25, -0.2) is 9.37 Å². The van der Waals surface area contributed by atoms with Crippen LogP contribution in [0.3, 0.4) is 0 Å². The molecule has 0 N–H and O–H groups in total. The third kappa shape index (κ3) is 4.20. The summed E-state index contributed by atoms with van der Waals surface area (Å²) in [6.07, 6.45) is 4.14.